The summed E-state index contributed by atoms with van der Waals surface area (Å²) >= 11 is 0. The van der Waals surface area contributed by atoms with Gasteiger partial charge in [0.2, 0.25) is 5.91 Å². The summed E-state index contributed by atoms with van der Waals surface area (Å²) in [6.07, 6.45) is 55.1. The van der Waals surface area contributed by atoms with Crippen LogP contribution < -0.4 is 5.32 Å². The molecule has 0 aliphatic carbocycles. The Kier molecular flexibility index (Phi) is 40.9. The zero-order valence-corrected chi connectivity index (χ0v) is 36.2. The maximum atomic E-state index is 13.1. The normalized spacial score (nSPS) is 14.2. The van der Waals surface area contributed by atoms with Crippen LogP contribution in [-0.4, -0.2) is 46.9 Å². The second-order valence-electron chi connectivity index (χ2n) is 15.2. The first kappa shape index (κ1) is 53.0. The minimum atomic E-state index is -0.810. The summed E-state index contributed by atoms with van der Waals surface area (Å²) < 4.78 is 5.85. The lowest BCUT2D eigenvalue weighted by Crippen LogP contribution is -2.46. The average molecular weight is 780 g/mol. The molecule has 0 aliphatic rings. The van der Waals surface area contributed by atoms with Crippen LogP contribution in [0, 0.1) is 0 Å². The van der Waals surface area contributed by atoms with Gasteiger partial charge in [-0.1, -0.05) is 189 Å². The van der Waals surface area contributed by atoms with Crippen molar-refractivity contribution in [2.24, 2.45) is 0 Å². The fraction of sp³-hybridized carbons (Fsp3) is 0.680. The third kappa shape index (κ3) is 37.9. The van der Waals surface area contributed by atoms with Crippen LogP contribution in [0.5, 0.6) is 0 Å². The van der Waals surface area contributed by atoms with Gasteiger partial charge >= 0.3 is 5.97 Å². The molecule has 0 radical (unpaired) electrons. The van der Waals surface area contributed by atoms with Crippen molar-refractivity contribution in [3.8, 4) is 0 Å². The number of aliphatic hydroxyl groups excluding tert-OH is 2. The van der Waals surface area contributed by atoms with E-state index in [1.165, 1.54) is 64.2 Å². The summed E-state index contributed by atoms with van der Waals surface area (Å²) in [7, 11) is 0. The van der Waals surface area contributed by atoms with Gasteiger partial charge in [-0.2, -0.15) is 0 Å². The minimum Gasteiger partial charge on any atom is -0.462 e. The number of carbonyl (C=O) groups excluding carboxylic acids is 2. The zero-order valence-electron chi connectivity index (χ0n) is 36.2. The number of carbonyl (C=O) groups is 2. The van der Waals surface area contributed by atoms with Gasteiger partial charge in [-0.25, -0.2) is 0 Å². The summed E-state index contributed by atoms with van der Waals surface area (Å²) in [6, 6.07) is -0.729. The number of rotatable bonds is 39. The third-order valence-electron chi connectivity index (χ3n) is 9.80. The van der Waals surface area contributed by atoms with E-state index in [1.807, 2.05) is 36.5 Å². The molecule has 0 aromatic heterocycles. The molecule has 0 aromatic rings. The van der Waals surface area contributed by atoms with Gasteiger partial charge in [0.25, 0.3) is 0 Å². The van der Waals surface area contributed by atoms with Gasteiger partial charge < -0.3 is 20.3 Å². The van der Waals surface area contributed by atoms with Crippen LogP contribution in [0.2, 0.25) is 0 Å². The van der Waals surface area contributed by atoms with E-state index in [9.17, 15) is 19.8 Å². The number of esters is 1. The van der Waals surface area contributed by atoms with E-state index in [2.05, 4.69) is 74.7 Å². The molecule has 3 unspecified atom stereocenters. The highest BCUT2D eigenvalue weighted by Crippen LogP contribution is 2.16. The van der Waals surface area contributed by atoms with Crippen molar-refractivity contribution in [3.63, 3.8) is 0 Å². The van der Waals surface area contributed by atoms with E-state index in [4.69, 9.17) is 4.74 Å². The summed E-state index contributed by atoms with van der Waals surface area (Å²) in [5.41, 5.74) is 0. The molecule has 6 heteroatoms. The Hall–Kier alpha value is -2.96. The molecule has 0 spiro atoms. The van der Waals surface area contributed by atoms with Crippen molar-refractivity contribution in [3.05, 3.63) is 85.1 Å². The molecular formula is C50H85NO5. The lowest BCUT2D eigenvalue weighted by molar-refractivity contribution is -0.151. The van der Waals surface area contributed by atoms with Crippen LogP contribution in [0.15, 0.2) is 85.1 Å². The van der Waals surface area contributed by atoms with E-state index >= 15 is 0 Å². The molecular weight excluding hydrogens is 695 g/mol. The summed E-state index contributed by atoms with van der Waals surface area (Å²) in [6.45, 7) is 6.24. The highest BCUT2D eigenvalue weighted by molar-refractivity contribution is 5.77. The maximum absolute atomic E-state index is 13.1. The molecule has 56 heavy (non-hydrogen) atoms. The molecule has 6 nitrogen and oxygen atoms in total. The molecule has 0 aliphatic heterocycles. The van der Waals surface area contributed by atoms with Gasteiger partial charge in [-0.05, 0) is 77.0 Å². The van der Waals surface area contributed by atoms with Gasteiger partial charge in [-0.3, -0.25) is 9.59 Å². The molecule has 3 atom stereocenters. The Morgan fingerprint density at radius 1 is 0.554 bits per heavy atom. The predicted octanol–water partition coefficient (Wildman–Crippen LogP) is 13.2. The summed E-state index contributed by atoms with van der Waals surface area (Å²) in [5, 5.41) is 23.5. The Balaban J connectivity index is 4.70. The number of ether oxygens (including phenoxy) is 1. The first-order valence-corrected chi connectivity index (χ1v) is 22.9. The van der Waals surface area contributed by atoms with Crippen molar-refractivity contribution in [1.82, 2.24) is 5.32 Å². The Morgan fingerprint density at radius 2 is 1.05 bits per heavy atom. The van der Waals surface area contributed by atoms with E-state index in [-0.39, 0.29) is 24.9 Å². The monoisotopic (exact) mass is 780 g/mol. The van der Waals surface area contributed by atoms with Gasteiger partial charge in [-0.15, -0.1) is 0 Å². The standard InChI is InChI=1S/C50H85NO5/c1-4-7-10-13-16-19-21-22-23-24-25-26-28-31-34-37-40-43-50(55)56-46(41-38-35-32-30-27-20-17-14-11-8-5-2)44-49(54)51-47(45-52)48(53)42-39-36-33-29-18-15-12-9-6-3/h8,11,14,16-17,19-20,22-23,25-27,30,32,46-48,52-53H,4-7,9-10,12-13,15,18,21,24,28-29,31,33-45H2,1-3H3,(H,51,54)/b11-8+,17-14+,19-16-,23-22-,26-25-,27-20-,32-30-. The first-order valence-electron chi connectivity index (χ1n) is 22.9. The number of hydrogen-bond acceptors (Lipinski definition) is 5. The largest absolute Gasteiger partial charge is 0.462 e. The maximum Gasteiger partial charge on any atom is 0.306 e. The van der Waals surface area contributed by atoms with Crippen LogP contribution in [0.4, 0.5) is 0 Å². The Labute approximate surface area is 344 Å². The van der Waals surface area contributed by atoms with E-state index in [0.29, 0.717) is 19.3 Å². The molecule has 0 heterocycles. The highest BCUT2D eigenvalue weighted by Gasteiger charge is 2.24. The number of hydrogen-bond donors (Lipinski definition) is 3. The number of unbranched alkanes of at least 4 members (excludes halogenated alkanes) is 16. The van der Waals surface area contributed by atoms with Crippen LogP contribution in [0.1, 0.15) is 194 Å². The van der Waals surface area contributed by atoms with Gasteiger partial charge in [0, 0.05) is 6.42 Å². The number of allylic oxidation sites excluding steroid dienone is 14. The van der Waals surface area contributed by atoms with Crippen LogP contribution >= 0.6 is 0 Å². The second kappa shape index (κ2) is 43.2. The molecule has 0 saturated carbocycles. The Morgan fingerprint density at radius 3 is 1.68 bits per heavy atom. The first-order chi connectivity index (χ1) is 27.5. The molecule has 1 amide bonds. The van der Waals surface area contributed by atoms with Crippen molar-refractivity contribution >= 4 is 11.9 Å². The smallest absolute Gasteiger partial charge is 0.306 e. The Bertz CT molecular complexity index is 1100. The predicted molar refractivity (Wildman–Crippen MR) is 241 cm³/mol. The van der Waals surface area contributed by atoms with Crippen molar-refractivity contribution in [2.45, 2.75) is 212 Å². The van der Waals surface area contributed by atoms with E-state index in [1.54, 1.807) is 0 Å². The summed E-state index contributed by atoms with van der Waals surface area (Å²) in [5.74, 6) is -0.578. The van der Waals surface area contributed by atoms with E-state index < -0.39 is 18.2 Å². The van der Waals surface area contributed by atoms with Gasteiger partial charge in [0.1, 0.15) is 6.10 Å². The van der Waals surface area contributed by atoms with E-state index in [0.717, 1.165) is 83.5 Å². The average Bonchev–Trinajstić information content (AvgIpc) is 3.19. The van der Waals surface area contributed by atoms with Gasteiger partial charge in [0.05, 0.1) is 25.2 Å². The fourth-order valence-electron chi connectivity index (χ4n) is 6.33. The molecule has 0 aromatic carbocycles. The lowest BCUT2D eigenvalue weighted by atomic mass is 10.0. The molecule has 0 saturated heterocycles. The van der Waals surface area contributed by atoms with Crippen molar-refractivity contribution in [1.29, 1.82) is 0 Å². The molecule has 3 N–H and O–H groups in total. The molecule has 0 rings (SSSR count). The van der Waals surface area contributed by atoms with Crippen molar-refractivity contribution in [2.75, 3.05) is 6.61 Å². The van der Waals surface area contributed by atoms with Crippen molar-refractivity contribution < 1.29 is 24.5 Å². The number of aliphatic hydroxyl groups is 2. The van der Waals surface area contributed by atoms with Crippen LogP contribution in [0.25, 0.3) is 0 Å². The number of nitrogens with one attached hydrogen (secondary N) is 1. The fourth-order valence-corrected chi connectivity index (χ4v) is 6.33. The molecule has 0 fully saturated rings. The zero-order chi connectivity index (χ0) is 41.0. The SMILES string of the molecule is CC/C=C/C=C/C=C\C=C/CCCC(CC(=O)NC(CO)C(O)CCCCCCCCCCC)OC(=O)CCCCCC/C=C\C/C=C\C/C=C\CCCCC. The third-order valence-corrected chi connectivity index (χ3v) is 9.80. The van der Waals surface area contributed by atoms with Gasteiger partial charge in [0.15, 0.2) is 0 Å². The minimum absolute atomic E-state index is 0.0178. The topological polar surface area (TPSA) is 95.9 Å². The highest BCUT2D eigenvalue weighted by atomic mass is 16.5. The lowest BCUT2D eigenvalue weighted by Gasteiger charge is -2.24. The quantitative estimate of drug-likeness (QED) is 0.0250. The second-order valence-corrected chi connectivity index (χ2v) is 15.2. The summed E-state index contributed by atoms with van der Waals surface area (Å²) in [4.78, 5) is 25.9. The molecule has 0 bridgehead atoms. The molecule has 320 valence electrons. The van der Waals surface area contributed by atoms with Crippen LogP contribution in [0.3, 0.4) is 0 Å². The van der Waals surface area contributed by atoms with Crippen LogP contribution in [-0.2, 0) is 14.3 Å². The number of amides is 1.